The van der Waals surface area contributed by atoms with Crippen molar-refractivity contribution in [2.24, 2.45) is 0 Å². The summed E-state index contributed by atoms with van der Waals surface area (Å²) in [4.78, 5) is 13.2. The Kier molecular flexibility index (Phi) is 4.20. The predicted octanol–water partition coefficient (Wildman–Crippen LogP) is 3.48. The molecule has 1 atom stereocenters. The molecule has 0 amide bonds. The van der Waals surface area contributed by atoms with Gasteiger partial charge in [-0.15, -0.1) is 0 Å². The highest BCUT2D eigenvalue weighted by Gasteiger charge is 2.30. The van der Waals surface area contributed by atoms with Gasteiger partial charge in [0, 0.05) is 36.7 Å². The number of nitrogens with one attached hydrogen (secondary N) is 2. The predicted molar refractivity (Wildman–Crippen MR) is 92.7 cm³/mol. The number of benzene rings is 1. The highest BCUT2D eigenvalue weighted by Crippen LogP contribution is 2.33. The second-order valence-corrected chi connectivity index (χ2v) is 6.18. The lowest BCUT2D eigenvalue weighted by atomic mass is 10.0. The van der Waals surface area contributed by atoms with Crippen LogP contribution >= 0.6 is 0 Å². The summed E-state index contributed by atoms with van der Waals surface area (Å²) in [6.45, 7) is 1.80. The van der Waals surface area contributed by atoms with Gasteiger partial charge in [0.15, 0.2) is 5.82 Å². The molecular formula is C18H16F3N5. The minimum atomic E-state index is -4.36. The van der Waals surface area contributed by atoms with Gasteiger partial charge in [0.05, 0.1) is 5.56 Å². The van der Waals surface area contributed by atoms with Gasteiger partial charge in [-0.1, -0.05) is 12.1 Å². The average molecular weight is 359 g/mol. The van der Waals surface area contributed by atoms with E-state index in [4.69, 9.17) is 0 Å². The van der Waals surface area contributed by atoms with Gasteiger partial charge in [0.25, 0.3) is 0 Å². The average Bonchev–Trinajstić information content (AvgIpc) is 3.15. The standard InChI is InChI=1S/C18H16F3N5/c19-18(20,21)12-3-1-11(2-4-12)14-10-25-17(26-13-5-6-22-9-13)16-15(14)23-7-8-24-16/h1-4,7-8,10,13,22H,5-6,9H2,(H,25,26)/t13-/m0/s1. The SMILES string of the molecule is FC(F)(F)c1ccc(-c2cnc(N[C@H]3CCNC3)c3nccnc23)cc1. The van der Waals surface area contributed by atoms with Crippen LogP contribution < -0.4 is 10.6 Å². The fourth-order valence-electron chi connectivity index (χ4n) is 3.09. The van der Waals surface area contributed by atoms with Gasteiger partial charge in [-0.25, -0.2) is 9.97 Å². The first-order chi connectivity index (χ1) is 12.5. The number of hydrogen-bond acceptors (Lipinski definition) is 5. The number of hydrogen-bond donors (Lipinski definition) is 2. The van der Waals surface area contributed by atoms with Gasteiger partial charge in [0.1, 0.15) is 11.0 Å². The van der Waals surface area contributed by atoms with Crippen LogP contribution in [0.1, 0.15) is 12.0 Å². The number of aromatic nitrogens is 3. The maximum absolute atomic E-state index is 12.8. The molecule has 2 N–H and O–H groups in total. The summed E-state index contributed by atoms with van der Waals surface area (Å²) in [7, 11) is 0. The van der Waals surface area contributed by atoms with E-state index in [1.54, 1.807) is 18.6 Å². The molecule has 1 saturated heterocycles. The molecule has 1 aliphatic rings. The number of nitrogens with zero attached hydrogens (tertiary/aromatic N) is 3. The molecule has 1 fully saturated rings. The zero-order chi connectivity index (χ0) is 18.1. The second kappa shape index (κ2) is 6.53. The summed E-state index contributed by atoms with van der Waals surface area (Å²) in [6, 6.07) is 5.26. The zero-order valence-electron chi connectivity index (χ0n) is 13.7. The van der Waals surface area contributed by atoms with Crippen LogP contribution in [0.15, 0.2) is 42.9 Å². The van der Waals surface area contributed by atoms with E-state index in [1.807, 2.05) is 0 Å². The third-order valence-corrected chi connectivity index (χ3v) is 4.42. The molecule has 0 spiro atoms. The van der Waals surface area contributed by atoms with Gasteiger partial charge >= 0.3 is 6.18 Å². The molecule has 0 bridgehead atoms. The number of pyridine rings is 1. The number of anilines is 1. The summed E-state index contributed by atoms with van der Waals surface area (Å²) in [5, 5.41) is 6.64. The number of rotatable bonds is 3. The van der Waals surface area contributed by atoms with Crippen LogP contribution in [-0.2, 0) is 6.18 Å². The van der Waals surface area contributed by atoms with Crippen LogP contribution in [0.3, 0.4) is 0 Å². The highest BCUT2D eigenvalue weighted by molar-refractivity contribution is 5.96. The normalized spacial score (nSPS) is 17.6. The Balaban J connectivity index is 1.74. The minimum absolute atomic E-state index is 0.268. The summed E-state index contributed by atoms with van der Waals surface area (Å²) < 4.78 is 38.3. The van der Waals surface area contributed by atoms with Crippen LogP contribution in [0.4, 0.5) is 19.0 Å². The van der Waals surface area contributed by atoms with Crippen molar-refractivity contribution in [3.05, 3.63) is 48.4 Å². The summed E-state index contributed by atoms with van der Waals surface area (Å²) in [6.07, 6.45) is 1.41. The van der Waals surface area contributed by atoms with E-state index >= 15 is 0 Å². The first kappa shape index (κ1) is 16.7. The van der Waals surface area contributed by atoms with Crippen molar-refractivity contribution >= 4 is 16.9 Å². The van der Waals surface area contributed by atoms with E-state index in [0.717, 1.165) is 31.6 Å². The van der Waals surface area contributed by atoms with Gasteiger partial charge in [-0.3, -0.25) is 4.98 Å². The van der Waals surface area contributed by atoms with Crippen molar-refractivity contribution < 1.29 is 13.2 Å². The molecule has 2 aromatic heterocycles. The molecule has 8 heteroatoms. The van der Waals surface area contributed by atoms with E-state index in [0.29, 0.717) is 28.0 Å². The lowest BCUT2D eigenvalue weighted by Crippen LogP contribution is -2.23. The Hall–Kier alpha value is -2.74. The van der Waals surface area contributed by atoms with Gasteiger partial charge in [0.2, 0.25) is 0 Å². The molecule has 26 heavy (non-hydrogen) atoms. The molecule has 1 aliphatic heterocycles. The topological polar surface area (TPSA) is 62.7 Å². The van der Waals surface area contributed by atoms with Gasteiger partial charge in [-0.05, 0) is 30.7 Å². The quantitative estimate of drug-likeness (QED) is 0.750. The lowest BCUT2D eigenvalue weighted by molar-refractivity contribution is -0.137. The number of halogens is 3. The molecule has 0 unspecified atom stereocenters. The van der Waals surface area contributed by atoms with Crippen molar-refractivity contribution in [2.45, 2.75) is 18.6 Å². The molecular weight excluding hydrogens is 343 g/mol. The fraction of sp³-hybridized carbons (Fsp3) is 0.278. The Morgan fingerprint density at radius 3 is 2.38 bits per heavy atom. The van der Waals surface area contributed by atoms with Crippen molar-refractivity contribution in [3.8, 4) is 11.1 Å². The maximum Gasteiger partial charge on any atom is 0.416 e. The summed E-state index contributed by atoms with van der Waals surface area (Å²) in [5.41, 5.74) is 1.80. The molecule has 3 aromatic rings. The third kappa shape index (κ3) is 3.20. The van der Waals surface area contributed by atoms with Crippen LogP contribution in [0, 0.1) is 0 Å². The van der Waals surface area contributed by atoms with Gasteiger partial charge in [-0.2, -0.15) is 13.2 Å². The molecule has 1 aromatic carbocycles. The molecule has 134 valence electrons. The van der Waals surface area contributed by atoms with Crippen molar-refractivity contribution in [1.29, 1.82) is 0 Å². The van der Waals surface area contributed by atoms with Crippen molar-refractivity contribution in [2.75, 3.05) is 18.4 Å². The van der Waals surface area contributed by atoms with E-state index in [9.17, 15) is 13.2 Å². The molecule has 5 nitrogen and oxygen atoms in total. The number of fused-ring (bicyclic) bond motifs is 1. The smallest absolute Gasteiger partial charge is 0.364 e. The monoisotopic (exact) mass is 359 g/mol. The first-order valence-corrected chi connectivity index (χ1v) is 8.27. The van der Waals surface area contributed by atoms with Crippen LogP contribution in [0.2, 0.25) is 0 Å². The van der Waals surface area contributed by atoms with E-state index in [-0.39, 0.29) is 6.04 Å². The van der Waals surface area contributed by atoms with E-state index in [2.05, 4.69) is 25.6 Å². The Morgan fingerprint density at radius 1 is 1.00 bits per heavy atom. The highest BCUT2D eigenvalue weighted by atomic mass is 19.4. The largest absolute Gasteiger partial charge is 0.416 e. The molecule has 4 rings (SSSR count). The summed E-state index contributed by atoms with van der Waals surface area (Å²) in [5.74, 6) is 0.637. The van der Waals surface area contributed by atoms with E-state index in [1.165, 1.54) is 12.1 Å². The first-order valence-electron chi connectivity index (χ1n) is 8.27. The van der Waals surface area contributed by atoms with Crippen molar-refractivity contribution in [1.82, 2.24) is 20.3 Å². The second-order valence-electron chi connectivity index (χ2n) is 6.18. The zero-order valence-corrected chi connectivity index (χ0v) is 13.7. The third-order valence-electron chi connectivity index (χ3n) is 4.42. The summed E-state index contributed by atoms with van der Waals surface area (Å²) >= 11 is 0. The Labute approximate surface area is 147 Å². The lowest BCUT2D eigenvalue weighted by Gasteiger charge is -2.15. The van der Waals surface area contributed by atoms with Crippen LogP contribution in [-0.4, -0.2) is 34.1 Å². The van der Waals surface area contributed by atoms with Crippen LogP contribution in [0.5, 0.6) is 0 Å². The number of alkyl halides is 3. The van der Waals surface area contributed by atoms with E-state index < -0.39 is 11.7 Å². The molecule has 3 heterocycles. The maximum atomic E-state index is 12.8. The Morgan fingerprint density at radius 2 is 1.73 bits per heavy atom. The molecule has 0 aliphatic carbocycles. The molecule has 0 radical (unpaired) electrons. The fourth-order valence-corrected chi connectivity index (χ4v) is 3.09. The van der Waals surface area contributed by atoms with Crippen molar-refractivity contribution in [3.63, 3.8) is 0 Å². The minimum Gasteiger partial charge on any atom is -0.364 e. The van der Waals surface area contributed by atoms with Crippen LogP contribution in [0.25, 0.3) is 22.2 Å². The molecule has 0 saturated carbocycles. The Bertz CT molecular complexity index is 918. The van der Waals surface area contributed by atoms with Gasteiger partial charge < -0.3 is 10.6 Å².